The molecule has 0 saturated heterocycles. The van der Waals surface area contributed by atoms with Crippen LogP contribution in [0.25, 0.3) is 0 Å². The molecule has 0 amide bonds. The molecule has 0 atom stereocenters. The number of aryl methyl sites for hydroxylation is 1. The Morgan fingerprint density at radius 3 is 2.57 bits per heavy atom. The molecule has 4 nitrogen and oxygen atoms in total. The van der Waals surface area contributed by atoms with Crippen molar-refractivity contribution in [3.8, 4) is 0 Å². The summed E-state index contributed by atoms with van der Waals surface area (Å²) >= 11 is 9.60. The Balaban J connectivity index is 1.95. The molecule has 1 N–H and O–H groups in total. The van der Waals surface area contributed by atoms with Crippen LogP contribution in [-0.2, 0) is 6.42 Å². The molecule has 0 aliphatic carbocycles. The first kappa shape index (κ1) is 15.8. The van der Waals surface area contributed by atoms with Crippen molar-refractivity contribution in [2.75, 3.05) is 11.9 Å². The topological polar surface area (TPSA) is 55.2 Å². The molecule has 2 aromatic carbocycles. The van der Waals surface area contributed by atoms with E-state index < -0.39 is 4.92 Å². The van der Waals surface area contributed by atoms with Crippen LogP contribution >= 0.6 is 27.5 Å². The third kappa shape index (κ3) is 4.19. The molecule has 2 aromatic rings. The van der Waals surface area contributed by atoms with Crippen LogP contribution in [-0.4, -0.2) is 11.5 Å². The molecule has 0 unspecified atom stereocenters. The lowest BCUT2D eigenvalue weighted by atomic mass is 10.1. The number of benzene rings is 2. The first-order chi connectivity index (χ1) is 9.97. The van der Waals surface area contributed by atoms with E-state index in [1.165, 1.54) is 12.1 Å². The standard InChI is InChI=1S/C15H14BrClN2O2/c1-10-8-13(16)15(9-14(10)17)18-7-6-11-2-4-12(5-3-11)19(20)21/h2-5,8-9,18H,6-7H2,1H3. The smallest absolute Gasteiger partial charge is 0.269 e. The fraction of sp³-hybridized carbons (Fsp3) is 0.200. The average molecular weight is 370 g/mol. The van der Waals surface area contributed by atoms with Gasteiger partial charge in [-0.1, -0.05) is 23.7 Å². The van der Waals surface area contributed by atoms with Crippen molar-refractivity contribution < 1.29 is 4.92 Å². The average Bonchev–Trinajstić information content (AvgIpc) is 2.45. The van der Waals surface area contributed by atoms with Crippen LogP contribution in [0.5, 0.6) is 0 Å². The number of nitrogens with zero attached hydrogens (tertiary/aromatic N) is 1. The predicted molar refractivity (Wildman–Crippen MR) is 89.2 cm³/mol. The molecule has 0 bridgehead atoms. The molecule has 0 aliphatic rings. The number of hydrogen-bond donors (Lipinski definition) is 1. The fourth-order valence-electron chi connectivity index (χ4n) is 1.91. The van der Waals surface area contributed by atoms with Gasteiger partial charge in [-0.15, -0.1) is 0 Å². The highest BCUT2D eigenvalue weighted by molar-refractivity contribution is 9.10. The van der Waals surface area contributed by atoms with Crippen molar-refractivity contribution in [1.29, 1.82) is 0 Å². The number of anilines is 1. The molecule has 0 radical (unpaired) electrons. The van der Waals surface area contributed by atoms with E-state index in [1.54, 1.807) is 12.1 Å². The Labute approximate surface area is 136 Å². The van der Waals surface area contributed by atoms with Gasteiger partial charge in [-0.3, -0.25) is 10.1 Å². The quantitative estimate of drug-likeness (QED) is 0.598. The minimum atomic E-state index is -0.395. The molecule has 0 fully saturated rings. The Hall–Kier alpha value is -1.59. The molecule has 0 spiro atoms. The molecule has 0 saturated carbocycles. The maximum Gasteiger partial charge on any atom is 0.269 e. The third-order valence-electron chi connectivity index (χ3n) is 3.12. The van der Waals surface area contributed by atoms with Crippen molar-refractivity contribution in [3.05, 3.63) is 67.1 Å². The van der Waals surface area contributed by atoms with Crippen LogP contribution in [0.1, 0.15) is 11.1 Å². The summed E-state index contributed by atoms with van der Waals surface area (Å²) in [6, 6.07) is 10.4. The van der Waals surface area contributed by atoms with Gasteiger partial charge in [0.15, 0.2) is 0 Å². The summed E-state index contributed by atoms with van der Waals surface area (Å²) in [4.78, 5) is 10.2. The van der Waals surface area contributed by atoms with Gasteiger partial charge in [-0.05, 0) is 52.5 Å². The monoisotopic (exact) mass is 368 g/mol. The van der Waals surface area contributed by atoms with Gasteiger partial charge in [0.25, 0.3) is 5.69 Å². The van der Waals surface area contributed by atoms with E-state index >= 15 is 0 Å². The van der Waals surface area contributed by atoms with Crippen LogP contribution in [0, 0.1) is 17.0 Å². The van der Waals surface area contributed by atoms with Gasteiger partial charge in [-0.2, -0.15) is 0 Å². The second-order valence-corrected chi connectivity index (χ2v) is 5.94. The van der Waals surface area contributed by atoms with Crippen LogP contribution in [0.15, 0.2) is 40.9 Å². The second-order valence-electron chi connectivity index (χ2n) is 4.68. The molecule has 0 heterocycles. The van der Waals surface area contributed by atoms with E-state index in [4.69, 9.17) is 11.6 Å². The molecule has 21 heavy (non-hydrogen) atoms. The first-order valence-electron chi connectivity index (χ1n) is 6.40. The number of halogens is 2. The number of hydrogen-bond acceptors (Lipinski definition) is 3. The lowest BCUT2D eigenvalue weighted by Crippen LogP contribution is -2.05. The van der Waals surface area contributed by atoms with Gasteiger partial charge in [0, 0.05) is 33.9 Å². The lowest BCUT2D eigenvalue weighted by molar-refractivity contribution is -0.384. The molecular formula is C15H14BrClN2O2. The van der Waals surface area contributed by atoms with Gasteiger partial charge in [0.05, 0.1) is 4.92 Å². The van der Waals surface area contributed by atoms with E-state index in [1.807, 2.05) is 19.1 Å². The SMILES string of the molecule is Cc1cc(Br)c(NCCc2ccc([N+](=O)[O-])cc2)cc1Cl. The number of nitro groups is 1. The summed E-state index contributed by atoms with van der Waals surface area (Å²) < 4.78 is 0.966. The highest BCUT2D eigenvalue weighted by atomic mass is 79.9. The normalized spacial score (nSPS) is 10.4. The van der Waals surface area contributed by atoms with Gasteiger partial charge in [-0.25, -0.2) is 0 Å². The zero-order chi connectivity index (χ0) is 15.4. The summed E-state index contributed by atoms with van der Waals surface area (Å²) in [5.41, 5.74) is 3.11. The van der Waals surface area contributed by atoms with E-state index in [0.29, 0.717) is 0 Å². The molecular weight excluding hydrogens is 356 g/mol. The number of non-ortho nitro benzene ring substituents is 1. The minimum absolute atomic E-state index is 0.111. The molecule has 2 rings (SSSR count). The number of rotatable bonds is 5. The van der Waals surface area contributed by atoms with Crippen LogP contribution < -0.4 is 5.32 Å². The molecule has 6 heteroatoms. The Bertz CT molecular complexity index is 659. The van der Waals surface area contributed by atoms with Crippen LogP contribution in [0.3, 0.4) is 0 Å². The van der Waals surface area contributed by atoms with Crippen molar-refractivity contribution in [3.63, 3.8) is 0 Å². The Morgan fingerprint density at radius 2 is 1.95 bits per heavy atom. The summed E-state index contributed by atoms with van der Waals surface area (Å²) in [6.45, 7) is 2.67. The van der Waals surface area contributed by atoms with Crippen molar-refractivity contribution in [2.45, 2.75) is 13.3 Å². The van der Waals surface area contributed by atoms with Gasteiger partial charge >= 0.3 is 0 Å². The van der Waals surface area contributed by atoms with Crippen LogP contribution in [0.4, 0.5) is 11.4 Å². The Kier molecular flexibility index (Phi) is 5.20. The lowest BCUT2D eigenvalue weighted by Gasteiger charge is -2.10. The maximum atomic E-state index is 10.6. The zero-order valence-corrected chi connectivity index (χ0v) is 13.7. The van der Waals surface area contributed by atoms with E-state index in [9.17, 15) is 10.1 Å². The summed E-state index contributed by atoms with van der Waals surface area (Å²) in [6.07, 6.45) is 0.774. The highest BCUT2D eigenvalue weighted by Gasteiger charge is 2.05. The summed E-state index contributed by atoms with van der Waals surface area (Å²) in [7, 11) is 0. The molecule has 0 aliphatic heterocycles. The number of nitrogens with one attached hydrogen (secondary N) is 1. The van der Waals surface area contributed by atoms with Gasteiger partial charge < -0.3 is 5.32 Å². The predicted octanol–water partition coefficient (Wildman–Crippen LogP) is 4.97. The van der Waals surface area contributed by atoms with Crippen molar-refractivity contribution in [1.82, 2.24) is 0 Å². The van der Waals surface area contributed by atoms with Crippen LogP contribution in [0.2, 0.25) is 5.02 Å². The van der Waals surface area contributed by atoms with Gasteiger partial charge in [0.2, 0.25) is 0 Å². The fourth-order valence-corrected chi connectivity index (χ4v) is 2.67. The number of nitro benzene ring substituents is 1. The summed E-state index contributed by atoms with van der Waals surface area (Å²) in [5, 5.41) is 14.6. The molecule has 0 aromatic heterocycles. The second kappa shape index (κ2) is 6.91. The van der Waals surface area contributed by atoms with Crippen molar-refractivity contribution in [2.24, 2.45) is 0 Å². The Morgan fingerprint density at radius 1 is 1.29 bits per heavy atom. The highest BCUT2D eigenvalue weighted by Crippen LogP contribution is 2.29. The maximum absolute atomic E-state index is 10.6. The summed E-state index contributed by atoms with van der Waals surface area (Å²) in [5.74, 6) is 0. The minimum Gasteiger partial charge on any atom is -0.384 e. The van der Waals surface area contributed by atoms with E-state index in [0.717, 1.165) is 39.3 Å². The van der Waals surface area contributed by atoms with E-state index in [-0.39, 0.29) is 5.69 Å². The zero-order valence-electron chi connectivity index (χ0n) is 11.4. The van der Waals surface area contributed by atoms with Crippen molar-refractivity contribution >= 4 is 38.9 Å². The first-order valence-corrected chi connectivity index (χ1v) is 7.57. The van der Waals surface area contributed by atoms with E-state index in [2.05, 4.69) is 21.2 Å². The largest absolute Gasteiger partial charge is 0.384 e. The van der Waals surface area contributed by atoms with Gasteiger partial charge in [0.1, 0.15) is 0 Å². The molecule has 110 valence electrons. The third-order valence-corrected chi connectivity index (χ3v) is 4.19.